The molecule has 13 atom stereocenters. The van der Waals surface area contributed by atoms with Crippen molar-refractivity contribution in [2.24, 2.45) is 28.9 Å². The van der Waals surface area contributed by atoms with Crippen molar-refractivity contribution in [1.29, 1.82) is 5.41 Å². The third-order valence-corrected chi connectivity index (χ3v) is 13.4. The quantitative estimate of drug-likeness (QED) is 0.0153. The molecule has 37 heteroatoms. The van der Waals surface area contributed by atoms with Gasteiger partial charge in [-0.15, -0.1) is 0 Å². The lowest BCUT2D eigenvalue weighted by atomic mass is 9.97. The van der Waals surface area contributed by atoms with E-state index in [0.29, 0.717) is 38.6 Å². The number of guanidine groups is 1. The van der Waals surface area contributed by atoms with Crippen molar-refractivity contribution >= 4 is 94.9 Å². The van der Waals surface area contributed by atoms with E-state index >= 15 is 0 Å². The van der Waals surface area contributed by atoms with Gasteiger partial charge in [-0.2, -0.15) is 0 Å². The van der Waals surface area contributed by atoms with Gasteiger partial charge in [-0.25, -0.2) is 4.79 Å². The predicted octanol–water partition coefficient (Wildman–Crippen LogP) is -7.09. The van der Waals surface area contributed by atoms with Crippen molar-refractivity contribution in [3.8, 4) is 0 Å². The minimum atomic E-state index is -2.13. The Morgan fingerprint density at radius 1 is 0.416 bits per heavy atom. The van der Waals surface area contributed by atoms with Gasteiger partial charge in [0.2, 0.25) is 59.1 Å². The van der Waals surface area contributed by atoms with Crippen molar-refractivity contribution in [2.45, 2.75) is 203 Å². The number of unbranched alkanes of at least 4 members (excludes halogenated alkanes) is 2. The van der Waals surface area contributed by atoms with E-state index in [1.807, 2.05) is 0 Å². The average molecular weight is 1280 g/mol. The maximum absolute atomic E-state index is 14.0. The van der Waals surface area contributed by atoms with Crippen LogP contribution < -0.4 is 81.4 Å². The summed E-state index contributed by atoms with van der Waals surface area (Å²) in [5, 5.41) is 90.6. The molecule has 0 aromatic rings. The van der Waals surface area contributed by atoms with Crippen molar-refractivity contribution in [2.75, 3.05) is 19.6 Å². The number of amides is 10. The van der Waals surface area contributed by atoms with Gasteiger partial charge in [0, 0.05) is 19.4 Å². The van der Waals surface area contributed by atoms with E-state index in [1.165, 1.54) is 0 Å². The van der Waals surface area contributed by atoms with Gasteiger partial charge in [0.05, 0.1) is 25.0 Å². The zero-order valence-electron chi connectivity index (χ0n) is 50.3. The molecule has 37 nitrogen and oxygen atoms in total. The number of carbonyl (C=O) groups excluding carboxylic acids is 10. The van der Waals surface area contributed by atoms with Crippen LogP contribution in [0.1, 0.15) is 131 Å². The lowest BCUT2D eigenvalue weighted by molar-refractivity contribution is -0.143. The fourth-order valence-electron chi connectivity index (χ4n) is 8.07. The normalized spacial score (nSPS) is 15.3. The summed E-state index contributed by atoms with van der Waals surface area (Å²) in [4.78, 5) is 195. The number of hydrogen-bond donors (Lipinski definition) is 22. The SMILES string of the molecule is CC[C@H](C)[C@H](NC(=O)[C@@H](N)CCCCN)C(=O)N[C@@H](CC(=O)O)C(=O)N[C@@H](CCC(=O)O)C(=O)N[C@@H](C)C(=O)N[C@@H](CC(=O)O)C(=O)N[C@@H](CCC(=O)O)C(=O)N[C@@H](CCCNC(=N)N)C(=O)N[C@@H](C)C(=O)N[C@H](C(=O)N[C@@H](CCCCN)C(=O)O)[C@@H](C)O. The Labute approximate surface area is 512 Å². The average Bonchev–Trinajstić information content (AvgIpc) is 1.86. The third kappa shape index (κ3) is 32.6. The Balaban J connectivity index is 6.70. The molecule has 0 spiro atoms. The predicted molar refractivity (Wildman–Crippen MR) is 311 cm³/mol. The molecule has 0 rings (SSSR count). The molecule has 0 fully saturated rings. The molecule has 26 N–H and O–H groups in total. The molecule has 0 saturated carbocycles. The highest BCUT2D eigenvalue weighted by Crippen LogP contribution is 2.12. The Bertz CT molecular complexity index is 2470. The number of aliphatic carboxylic acids is 5. The molecular weight excluding hydrogens is 1180 g/mol. The van der Waals surface area contributed by atoms with E-state index in [2.05, 4.69) is 58.5 Å². The van der Waals surface area contributed by atoms with Gasteiger partial charge in [-0.05, 0) is 97.6 Å². The van der Waals surface area contributed by atoms with E-state index in [-0.39, 0.29) is 38.8 Å². The minimum absolute atomic E-state index is 0.0404. The largest absolute Gasteiger partial charge is 0.481 e. The highest BCUT2D eigenvalue weighted by Gasteiger charge is 2.37. The van der Waals surface area contributed by atoms with Crippen LogP contribution in [0.2, 0.25) is 0 Å². The monoisotopic (exact) mass is 1270 g/mol. The smallest absolute Gasteiger partial charge is 0.326 e. The topological polar surface area (TPSA) is 638 Å². The van der Waals surface area contributed by atoms with Crippen LogP contribution in [0, 0.1) is 11.3 Å². The van der Waals surface area contributed by atoms with Crippen molar-refractivity contribution in [3.05, 3.63) is 0 Å². The molecule has 89 heavy (non-hydrogen) atoms. The van der Waals surface area contributed by atoms with E-state index in [1.54, 1.807) is 13.8 Å². The summed E-state index contributed by atoms with van der Waals surface area (Å²) < 4.78 is 0. The van der Waals surface area contributed by atoms with Crippen molar-refractivity contribution in [1.82, 2.24) is 58.5 Å². The molecule has 0 aromatic carbocycles. The standard InChI is InChI=1S/C52H90N16O21/c1-6-24(2)39(67-43(80)28(55)12-7-9-19-53)49(86)66-34(23-38(76)77)48(85)62-30(15-17-35(70)71)45(82)59-25(3)41(78)65-33(22-37(74)75)47(84)63-31(16-18-36(72)73)46(83)61-29(14-11-21-58-52(56)57)44(81)60-26(4)42(79)68-40(27(5)69)50(87)64-32(51(88)89)13-8-10-20-54/h24-34,39-40,69H,6-23,53-55H2,1-5H3,(H,59,82)(H,60,81)(H,61,83)(H,62,85)(H,63,84)(H,64,87)(H,65,78)(H,66,86)(H,67,80)(H,68,79)(H,70,71)(H,72,73)(H,74,75)(H,76,77)(H,88,89)(H4,56,57,58)/t24-,25-,26-,27+,28-,29-,30-,31-,32-,33-,34-,39-,40-/m0/s1. The van der Waals surface area contributed by atoms with Gasteiger partial charge in [0.25, 0.3) is 0 Å². The first kappa shape index (κ1) is 80.2. The van der Waals surface area contributed by atoms with Crippen LogP contribution >= 0.6 is 0 Å². The third-order valence-electron chi connectivity index (χ3n) is 13.4. The van der Waals surface area contributed by atoms with Crippen LogP contribution in [0.3, 0.4) is 0 Å². The molecule has 504 valence electrons. The summed E-state index contributed by atoms with van der Waals surface area (Å²) in [5.74, 6) is -20.6. The highest BCUT2D eigenvalue weighted by atomic mass is 16.4. The van der Waals surface area contributed by atoms with Crippen LogP contribution in [0.5, 0.6) is 0 Å². The summed E-state index contributed by atoms with van der Waals surface area (Å²) >= 11 is 0. The Morgan fingerprint density at radius 2 is 0.775 bits per heavy atom. The van der Waals surface area contributed by atoms with Crippen LogP contribution in [-0.2, 0) is 71.9 Å². The molecule has 0 heterocycles. The first-order valence-electron chi connectivity index (χ1n) is 28.7. The molecule has 0 bridgehead atoms. The molecule has 0 aliphatic rings. The minimum Gasteiger partial charge on any atom is -0.481 e. The second-order valence-corrected chi connectivity index (χ2v) is 21.0. The molecule has 0 aromatic heterocycles. The van der Waals surface area contributed by atoms with Gasteiger partial charge in [0.15, 0.2) is 5.96 Å². The number of hydrogen-bond acceptors (Lipinski definition) is 20. The second-order valence-electron chi connectivity index (χ2n) is 21.0. The van der Waals surface area contributed by atoms with Crippen LogP contribution in [0.25, 0.3) is 0 Å². The Kier molecular flexibility index (Phi) is 37.9. The molecule has 0 saturated heterocycles. The van der Waals surface area contributed by atoms with Gasteiger partial charge in [0.1, 0.15) is 60.4 Å². The maximum Gasteiger partial charge on any atom is 0.326 e. The summed E-state index contributed by atoms with van der Waals surface area (Å²) in [6.45, 7) is 7.00. The number of rotatable bonds is 46. The number of aliphatic hydroxyl groups excluding tert-OH is 1. The van der Waals surface area contributed by atoms with E-state index < -0.39 is 212 Å². The number of nitrogens with one attached hydrogen (secondary N) is 12. The first-order valence-corrected chi connectivity index (χ1v) is 28.7. The summed E-state index contributed by atoms with van der Waals surface area (Å²) in [6.07, 6.45) is -5.17. The zero-order chi connectivity index (χ0) is 68.2. The molecular formula is C52H90N16O21. The summed E-state index contributed by atoms with van der Waals surface area (Å²) in [5.41, 5.74) is 22.3. The number of nitrogens with two attached hydrogens (primary N) is 4. The fraction of sp³-hybridized carbons (Fsp3) is 0.692. The van der Waals surface area contributed by atoms with Crippen LogP contribution in [0.15, 0.2) is 0 Å². The van der Waals surface area contributed by atoms with E-state index in [9.17, 15) is 103 Å². The zero-order valence-corrected chi connectivity index (χ0v) is 50.3. The fourth-order valence-corrected chi connectivity index (χ4v) is 8.07. The second kappa shape index (κ2) is 42.1. The number of carboxylic acids is 5. The molecule has 0 aliphatic carbocycles. The number of carboxylic acid groups (broad SMARTS) is 5. The molecule has 10 amide bonds. The van der Waals surface area contributed by atoms with Gasteiger partial charge in [-0.1, -0.05) is 26.7 Å². The summed E-state index contributed by atoms with van der Waals surface area (Å²) in [7, 11) is 0. The maximum atomic E-state index is 14.0. The lowest BCUT2D eigenvalue weighted by Gasteiger charge is -2.28. The van der Waals surface area contributed by atoms with E-state index in [0.717, 1.165) is 20.8 Å². The van der Waals surface area contributed by atoms with E-state index in [4.69, 9.17) is 28.3 Å². The van der Waals surface area contributed by atoms with Crippen molar-refractivity contribution < 1.29 is 103 Å². The van der Waals surface area contributed by atoms with Crippen LogP contribution in [0.4, 0.5) is 0 Å². The highest BCUT2D eigenvalue weighted by molar-refractivity contribution is 6.00. The van der Waals surface area contributed by atoms with Crippen molar-refractivity contribution in [3.63, 3.8) is 0 Å². The van der Waals surface area contributed by atoms with Crippen LogP contribution in [-0.4, -0.2) is 218 Å². The van der Waals surface area contributed by atoms with Gasteiger partial charge < -0.3 is 112 Å². The lowest BCUT2D eigenvalue weighted by Crippen LogP contribution is -2.61. The van der Waals surface area contributed by atoms with Gasteiger partial charge >= 0.3 is 29.8 Å². The molecule has 0 aliphatic heterocycles. The number of aliphatic hydroxyl groups is 1. The first-order chi connectivity index (χ1) is 41.6. The Hall–Kier alpha value is -8.84. The number of carbonyl (C=O) groups is 15. The molecule has 0 radical (unpaired) electrons. The Morgan fingerprint density at radius 3 is 1.18 bits per heavy atom. The summed E-state index contributed by atoms with van der Waals surface area (Å²) in [6, 6.07) is -18.5. The molecule has 0 unspecified atom stereocenters. The van der Waals surface area contributed by atoms with Gasteiger partial charge in [-0.3, -0.25) is 72.5 Å².